The molecule has 1 saturated carbocycles. The minimum absolute atomic E-state index is 0.0564. The van der Waals surface area contributed by atoms with Crippen LogP contribution in [-0.4, -0.2) is 30.3 Å². The molecule has 0 atom stereocenters. The van der Waals surface area contributed by atoms with Crippen LogP contribution in [-0.2, 0) is 6.18 Å². The number of methoxy groups -OCH3 is 1. The van der Waals surface area contributed by atoms with Crippen molar-refractivity contribution in [3.63, 3.8) is 0 Å². The minimum Gasteiger partial charge on any atom is -0.496 e. The number of nitrogens with zero attached hydrogens (tertiary/aromatic N) is 3. The fraction of sp³-hybridized carbons (Fsp3) is 0.355. The van der Waals surface area contributed by atoms with Gasteiger partial charge in [0, 0.05) is 47.4 Å². The van der Waals surface area contributed by atoms with Gasteiger partial charge < -0.3 is 14.2 Å². The Balaban J connectivity index is 1.16. The Hall–Kier alpha value is -3.81. The highest BCUT2D eigenvalue weighted by molar-refractivity contribution is 5.88. The summed E-state index contributed by atoms with van der Waals surface area (Å²) in [5.41, 5.74) is 3.70. The van der Waals surface area contributed by atoms with E-state index in [1.807, 2.05) is 12.1 Å². The first-order valence-corrected chi connectivity index (χ1v) is 13.4. The number of fused-ring (bicyclic) bond motifs is 1. The summed E-state index contributed by atoms with van der Waals surface area (Å²) in [6, 6.07) is 13.8. The van der Waals surface area contributed by atoms with Gasteiger partial charge in [0.05, 0.1) is 18.2 Å². The number of rotatable bonds is 5. The summed E-state index contributed by atoms with van der Waals surface area (Å²) in [5.74, 6) is 1.81. The third kappa shape index (κ3) is 4.17. The molecule has 0 radical (unpaired) electrons. The average molecular weight is 532 g/mol. The monoisotopic (exact) mass is 531 g/mol. The second-order valence-electron chi connectivity index (χ2n) is 11.0. The van der Waals surface area contributed by atoms with Gasteiger partial charge in [-0.15, -0.1) is 0 Å². The molecule has 2 fully saturated rings. The van der Waals surface area contributed by atoms with Crippen LogP contribution in [0.25, 0.3) is 27.7 Å². The van der Waals surface area contributed by atoms with Crippen molar-refractivity contribution < 1.29 is 22.4 Å². The van der Waals surface area contributed by atoms with E-state index in [0.717, 1.165) is 90.5 Å². The fourth-order valence-corrected chi connectivity index (χ4v) is 6.25. The van der Waals surface area contributed by atoms with Crippen LogP contribution in [0.3, 0.4) is 0 Å². The van der Waals surface area contributed by atoms with Crippen molar-refractivity contribution in [1.29, 1.82) is 0 Å². The predicted octanol–water partition coefficient (Wildman–Crippen LogP) is 7.87. The number of allylic oxidation sites excluding steroid dienone is 2. The van der Waals surface area contributed by atoms with Crippen LogP contribution < -0.4 is 9.64 Å². The lowest BCUT2D eigenvalue weighted by Gasteiger charge is -2.47. The van der Waals surface area contributed by atoms with E-state index >= 15 is 0 Å². The van der Waals surface area contributed by atoms with Crippen molar-refractivity contribution in [3.05, 3.63) is 77.7 Å². The van der Waals surface area contributed by atoms with E-state index in [4.69, 9.17) is 9.26 Å². The highest BCUT2D eigenvalue weighted by atomic mass is 19.4. The number of anilines is 1. The van der Waals surface area contributed by atoms with E-state index < -0.39 is 11.7 Å². The summed E-state index contributed by atoms with van der Waals surface area (Å²) < 4.78 is 52.8. The second kappa shape index (κ2) is 8.86. The fourth-order valence-electron chi connectivity index (χ4n) is 6.25. The van der Waals surface area contributed by atoms with Crippen LogP contribution in [0, 0.1) is 5.41 Å². The number of benzene rings is 2. The molecule has 3 heterocycles. The molecule has 1 spiro atoms. The van der Waals surface area contributed by atoms with E-state index in [0.29, 0.717) is 5.69 Å². The Bertz CT molecular complexity index is 1590. The molecule has 3 aliphatic rings. The molecule has 2 aliphatic carbocycles. The van der Waals surface area contributed by atoms with Crippen LogP contribution in [0.2, 0.25) is 0 Å². The number of pyridine rings is 1. The molecule has 4 aromatic rings. The summed E-state index contributed by atoms with van der Waals surface area (Å²) in [5, 5.41) is 5.21. The van der Waals surface area contributed by atoms with Gasteiger partial charge in [-0.1, -0.05) is 29.4 Å². The first-order valence-electron chi connectivity index (χ1n) is 13.4. The molecule has 0 N–H and O–H groups in total. The van der Waals surface area contributed by atoms with Crippen molar-refractivity contribution in [1.82, 2.24) is 10.1 Å². The number of aromatic nitrogens is 2. The van der Waals surface area contributed by atoms with E-state index in [2.05, 4.69) is 33.2 Å². The lowest BCUT2D eigenvalue weighted by molar-refractivity contribution is -0.137. The highest BCUT2D eigenvalue weighted by Gasteiger charge is 2.44. The molecule has 1 aliphatic heterocycles. The first-order chi connectivity index (χ1) is 18.9. The maximum absolute atomic E-state index is 13.8. The Morgan fingerprint density at radius 3 is 2.54 bits per heavy atom. The largest absolute Gasteiger partial charge is 0.496 e. The molecule has 0 amide bonds. The molecule has 0 bridgehead atoms. The zero-order valence-corrected chi connectivity index (χ0v) is 21.6. The maximum atomic E-state index is 13.8. The number of hydrogen-bond acceptors (Lipinski definition) is 5. The third-order valence-electron chi connectivity index (χ3n) is 8.53. The summed E-state index contributed by atoms with van der Waals surface area (Å²) in [6.45, 7) is 1.81. The first kappa shape index (κ1) is 24.2. The molecule has 200 valence electrons. The normalized spacial score (nSPS) is 18.8. The predicted molar refractivity (Wildman–Crippen MR) is 144 cm³/mol. The number of hydrogen-bond donors (Lipinski definition) is 0. The van der Waals surface area contributed by atoms with Gasteiger partial charge in [-0.05, 0) is 73.4 Å². The smallest absolute Gasteiger partial charge is 0.417 e. The summed E-state index contributed by atoms with van der Waals surface area (Å²) in [4.78, 5) is 6.84. The van der Waals surface area contributed by atoms with E-state index in [9.17, 15) is 13.2 Å². The topological polar surface area (TPSA) is 51.4 Å². The van der Waals surface area contributed by atoms with Gasteiger partial charge in [0.15, 0.2) is 0 Å². The average Bonchev–Trinajstić information content (AvgIpc) is 3.69. The Morgan fingerprint density at radius 1 is 1.05 bits per heavy atom. The highest BCUT2D eigenvalue weighted by Crippen LogP contribution is 2.56. The zero-order valence-electron chi connectivity index (χ0n) is 21.6. The third-order valence-corrected chi connectivity index (χ3v) is 8.53. The molecule has 39 heavy (non-hydrogen) atoms. The molecule has 5 nitrogen and oxygen atoms in total. The minimum atomic E-state index is -4.46. The van der Waals surface area contributed by atoms with Crippen molar-refractivity contribution in [2.45, 2.75) is 44.2 Å². The SMILES string of the molecule is COc1ccnc2ccc(N3CCC4(C=C(c5c(-c6ccccc6C(F)(F)F)noc5C5CC5)C4)CC3)cc12. The Kier molecular flexibility index (Phi) is 5.51. The number of piperidine rings is 1. The zero-order chi connectivity index (χ0) is 26.8. The van der Waals surface area contributed by atoms with Gasteiger partial charge in [-0.3, -0.25) is 4.98 Å². The molecule has 0 unspecified atom stereocenters. The lowest BCUT2D eigenvalue weighted by atomic mass is 9.63. The molecular formula is C31H28F3N3O2. The maximum Gasteiger partial charge on any atom is 0.417 e. The molecule has 7 rings (SSSR count). The van der Waals surface area contributed by atoms with Crippen molar-refractivity contribution in [3.8, 4) is 17.0 Å². The Labute approximate surface area is 224 Å². The molecule has 8 heteroatoms. The van der Waals surface area contributed by atoms with Gasteiger partial charge >= 0.3 is 6.18 Å². The molecular weight excluding hydrogens is 503 g/mol. The van der Waals surface area contributed by atoms with Gasteiger partial charge in [0.2, 0.25) is 0 Å². The standard InChI is InChI=1S/C31H28F3N3O2/c1-38-26-10-13-35-25-9-8-21(16-23(25)26)37-14-11-30(12-15-37)17-20(18-30)27-28(36-39-29(27)19-6-7-19)22-4-2-3-5-24(22)31(32,33)34/h2-5,8-10,13,16-17,19H,6-7,11-12,14-15,18H2,1H3. The number of ether oxygens (including phenoxy) is 1. The van der Waals surface area contributed by atoms with Crippen LogP contribution in [0.15, 0.2) is 65.3 Å². The van der Waals surface area contributed by atoms with Crippen molar-refractivity contribution in [2.24, 2.45) is 5.41 Å². The number of alkyl halides is 3. The lowest BCUT2D eigenvalue weighted by Crippen LogP contribution is -2.42. The van der Waals surface area contributed by atoms with Crippen LogP contribution in [0.1, 0.15) is 54.9 Å². The molecule has 2 aromatic heterocycles. The van der Waals surface area contributed by atoms with Crippen molar-refractivity contribution >= 4 is 22.2 Å². The van der Waals surface area contributed by atoms with Crippen LogP contribution >= 0.6 is 0 Å². The summed E-state index contributed by atoms with van der Waals surface area (Å²) >= 11 is 0. The van der Waals surface area contributed by atoms with Gasteiger partial charge in [-0.25, -0.2) is 0 Å². The summed E-state index contributed by atoms with van der Waals surface area (Å²) in [7, 11) is 1.67. The van der Waals surface area contributed by atoms with Crippen LogP contribution in [0.5, 0.6) is 5.75 Å². The van der Waals surface area contributed by atoms with Crippen molar-refractivity contribution in [2.75, 3.05) is 25.1 Å². The van der Waals surface area contributed by atoms with Crippen LogP contribution in [0.4, 0.5) is 18.9 Å². The van der Waals surface area contributed by atoms with Gasteiger partial charge in [-0.2, -0.15) is 13.2 Å². The van der Waals surface area contributed by atoms with Gasteiger partial charge in [0.25, 0.3) is 0 Å². The number of halogens is 3. The van der Waals surface area contributed by atoms with E-state index in [-0.39, 0.29) is 16.9 Å². The quantitative estimate of drug-likeness (QED) is 0.262. The molecule has 2 aromatic carbocycles. The van der Waals surface area contributed by atoms with Gasteiger partial charge in [0.1, 0.15) is 17.2 Å². The van der Waals surface area contributed by atoms with E-state index in [1.54, 1.807) is 19.4 Å². The summed E-state index contributed by atoms with van der Waals surface area (Å²) in [6.07, 6.45) is 4.35. The Morgan fingerprint density at radius 2 is 1.82 bits per heavy atom. The molecule has 1 saturated heterocycles. The second-order valence-corrected chi connectivity index (χ2v) is 11.0. The van der Waals surface area contributed by atoms with E-state index in [1.165, 1.54) is 12.1 Å².